The lowest BCUT2D eigenvalue weighted by Crippen LogP contribution is -2.46. The standard InChI is InChI=1S/C30H35N3O3/c1-18(2)30(31,19(3)4)21-12-14-22(15-13-21)32-28(20-10-8-7-9-11-20)27-23-16-25(35-5)26(36-6)17-24(23)33-29(27)34/h7-19,33-34H,31H2,1-6H3. The van der Waals surface area contributed by atoms with Crippen LogP contribution in [0.1, 0.15) is 44.4 Å². The van der Waals surface area contributed by atoms with Crippen molar-refractivity contribution in [3.63, 3.8) is 0 Å². The van der Waals surface area contributed by atoms with E-state index < -0.39 is 5.54 Å². The smallest absolute Gasteiger partial charge is 0.199 e. The molecule has 0 saturated heterocycles. The number of rotatable bonds is 8. The van der Waals surface area contributed by atoms with Crippen LogP contribution in [0.25, 0.3) is 10.9 Å². The van der Waals surface area contributed by atoms with Gasteiger partial charge in [0.2, 0.25) is 0 Å². The molecule has 0 atom stereocenters. The van der Waals surface area contributed by atoms with Gasteiger partial charge in [-0.25, -0.2) is 4.99 Å². The molecule has 0 aliphatic heterocycles. The number of ether oxygens (including phenoxy) is 2. The minimum atomic E-state index is -0.435. The van der Waals surface area contributed by atoms with E-state index in [0.717, 1.165) is 27.7 Å². The molecule has 6 heteroatoms. The summed E-state index contributed by atoms with van der Waals surface area (Å²) in [6.07, 6.45) is 0. The highest BCUT2D eigenvalue weighted by molar-refractivity contribution is 6.22. The number of aromatic nitrogens is 1. The van der Waals surface area contributed by atoms with Crippen LogP contribution in [0.2, 0.25) is 0 Å². The fourth-order valence-corrected chi connectivity index (χ4v) is 4.89. The van der Waals surface area contributed by atoms with Crippen LogP contribution in [0.4, 0.5) is 5.69 Å². The van der Waals surface area contributed by atoms with Crippen molar-refractivity contribution in [2.75, 3.05) is 14.2 Å². The van der Waals surface area contributed by atoms with Gasteiger partial charge in [0.05, 0.1) is 36.7 Å². The minimum Gasteiger partial charge on any atom is -0.494 e. The molecule has 0 radical (unpaired) electrons. The van der Waals surface area contributed by atoms with Crippen LogP contribution in [0.15, 0.2) is 71.7 Å². The maximum absolute atomic E-state index is 11.0. The predicted octanol–water partition coefficient (Wildman–Crippen LogP) is 6.53. The monoisotopic (exact) mass is 485 g/mol. The minimum absolute atomic E-state index is 0.0279. The molecule has 0 unspecified atom stereocenters. The van der Waals surface area contributed by atoms with Crippen LogP contribution >= 0.6 is 0 Å². The first-order valence-corrected chi connectivity index (χ1v) is 12.2. The molecular formula is C30H35N3O3. The van der Waals surface area contributed by atoms with Gasteiger partial charge in [-0.3, -0.25) is 0 Å². The normalized spacial score (nSPS) is 12.5. The fourth-order valence-electron chi connectivity index (χ4n) is 4.89. The van der Waals surface area contributed by atoms with E-state index in [2.05, 4.69) is 44.8 Å². The third-order valence-corrected chi connectivity index (χ3v) is 7.09. The summed E-state index contributed by atoms with van der Waals surface area (Å²) in [6, 6.07) is 21.6. The number of methoxy groups -OCH3 is 2. The Kier molecular flexibility index (Phi) is 7.09. The number of nitrogens with zero attached hydrogens (tertiary/aromatic N) is 1. The van der Waals surface area contributed by atoms with Gasteiger partial charge in [-0.1, -0.05) is 70.2 Å². The molecule has 4 aromatic rings. The van der Waals surface area contributed by atoms with Gasteiger partial charge in [-0.15, -0.1) is 0 Å². The largest absolute Gasteiger partial charge is 0.494 e. The Morgan fingerprint density at radius 2 is 1.47 bits per heavy atom. The summed E-state index contributed by atoms with van der Waals surface area (Å²) in [6.45, 7) is 8.62. The van der Waals surface area contributed by atoms with Crippen molar-refractivity contribution in [2.45, 2.75) is 33.2 Å². The first kappa shape index (κ1) is 25.3. The quantitative estimate of drug-likeness (QED) is 0.248. The van der Waals surface area contributed by atoms with E-state index in [1.165, 1.54) is 0 Å². The van der Waals surface area contributed by atoms with Gasteiger partial charge < -0.3 is 25.3 Å². The molecule has 188 valence electrons. The highest BCUT2D eigenvalue weighted by atomic mass is 16.5. The Morgan fingerprint density at radius 3 is 2.03 bits per heavy atom. The number of benzene rings is 3. The molecule has 36 heavy (non-hydrogen) atoms. The third-order valence-electron chi connectivity index (χ3n) is 7.09. The molecule has 0 amide bonds. The number of fused-ring (bicyclic) bond motifs is 1. The molecule has 4 N–H and O–H groups in total. The molecule has 3 aromatic carbocycles. The van der Waals surface area contributed by atoms with E-state index in [1.807, 2.05) is 54.6 Å². The highest BCUT2D eigenvalue weighted by Crippen LogP contribution is 2.39. The van der Waals surface area contributed by atoms with Crippen molar-refractivity contribution in [1.29, 1.82) is 0 Å². The van der Waals surface area contributed by atoms with E-state index in [1.54, 1.807) is 14.2 Å². The molecule has 1 heterocycles. The topological polar surface area (TPSA) is 92.9 Å². The van der Waals surface area contributed by atoms with E-state index >= 15 is 0 Å². The lowest BCUT2D eigenvalue weighted by Gasteiger charge is -2.38. The molecular weight excluding hydrogens is 450 g/mol. The fraction of sp³-hybridized carbons (Fsp3) is 0.300. The van der Waals surface area contributed by atoms with Crippen molar-refractivity contribution in [3.05, 3.63) is 83.4 Å². The summed E-state index contributed by atoms with van der Waals surface area (Å²) in [5.74, 6) is 1.74. The van der Waals surface area contributed by atoms with E-state index in [0.29, 0.717) is 22.8 Å². The first-order chi connectivity index (χ1) is 17.2. The summed E-state index contributed by atoms with van der Waals surface area (Å²) in [5.41, 5.74) is 11.1. The highest BCUT2D eigenvalue weighted by Gasteiger charge is 2.34. The van der Waals surface area contributed by atoms with Crippen LogP contribution in [0.3, 0.4) is 0 Å². The van der Waals surface area contributed by atoms with Gasteiger partial charge >= 0.3 is 0 Å². The van der Waals surface area contributed by atoms with Crippen molar-refractivity contribution >= 4 is 22.3 Å². The zero-order chi connectivity index (χ0) is 26.0. The molecule has 0 bridgehead atoms. The summed E-state index contributed by atoms with van der Waals surface area (Å²) in [7, 11) is 3.18. The van der Waals surface area contributed by atoms with E-state index in [4.69, 9.17) is 20.2 Å². The first-order valence-electron chi connectivity index (χ1n) is 12.2. The summed E-state index contributed by atoms with van der Waals surface area (Å²) < 4.78 is 11.0. The van der Waals surface area contributed by atoms with Crippen molar-refractivity contribution in [3.8, 4) is 17.4 Å². The maximum Gasteiger partial charge on any atom is 0.199 e. The molecule has 6 nitrogen and oxygen atoms in total. The number of hydrogen-bond donors (Lipinski definition) is 3. The van der Waals surface area contributed by atoms with Crippen molar-refractivity contribution < 1.29 is 14.6 Å². The molecule has 0 saturated carbocycles. The number of nitrogens with one attached hydrogen (secondary N) is 1. The Hall–Kier alpha value is -3.77. The van der Waals surface area contributed by atoms with Gasteiger partial charge in [0, 0.05) is 22.6 Å². The summed E-state index contributed by atoms with van der Waals surface area (Å²) >= 11 is 0. The average Bonchev–Trinajstić information content (AvgIpc) is 3.20. The summed E-state index contributed by atoms with van der Waals surface area (Å²) in [4.78, 5) is 8.08. The van der Waals surface area contributed by atoms with E-state index in [-0.39, 0.29) is 17.7 Å². The van der Waals surface area contributed by atoms with Crippen molar-refractivity contribution in [1.82, 2.24) is 4.98 Å². The number of aromatic amines is 1. The number of aliphatic imine (C=N–C) groups is 1. The average molecular weight is 486 g/mol. The lowest BCUT2D eigenvalue weighted by molar-refractivity contribution is 0.227. The van der Waals surface area contributed by atoms with Gasteiger partial charge in [-0.2, -0.15) is 0 Å². The zero-order valence-electron chi connectivity index (χ0n) is 21.8. The Bertz CT molecular complexity index is 1360. The van der Waals surface area contributed by atoms with Crippen LogP contribution in [0.5, 0.6) is 17.4 Å². The predicted molar refractivity (Wildman–Crippen MR) is 147 cm³/mol. The number of hydrogen-bond acceptors (Lipinski definition) is 5. The Morgan fingerprint density at radius 1 is 0.889 bits per heavy atom. The van der Waals surface area contributed by atoms with Crippen LogP contribution in [-0.2, 0) is 5.54 Å². The second kappa shape index (κ2) is 10.1. The molecule has 0 fully saturated rings. The summed E-state index contributed by atoms with van der Waals surface area (Å²) in [5, 5.41) is 11.8. The second-order valence-electron chi connectivity index (χ2n) is 9.72. The number of aromatic hydroxyl groups is 1. The Balaban J connectivity index is 1.89. The molecule has 4 rings (SSSR count). The zero-order valence-corrected chi connectivity index (χ0v) is 21.8. The number of nitrogens with two attached hydrogens (primary N) is 1. The van der Waals surface area contributed by atoms with Gasteiger partial charge in [0.25, 0.3) is 0 Å². The lowest BCUT2D eigenvalue weighted by atomic mass is 9.73. The molecule has 1 aromatic heterocycles. The van der Waals surface area contributed by atoms with Crippen LogP contribution in [0, 0.1) is 11.8 Å². The van der Waals surface area contributed by atoms with Gasteiger partial charge in [0.15, 0.2) is 17.4 Å². The second-order valence-corrected chi connectivity index (χ2v) is 9.72. The van der Waals surface area contributed by atoms with Crippen LogP contribution < -0.4 is 15.2 Å². The van der Waals surface area contributed by atoms with Crippen LogP contribution in [-0.4, -0.2) is 30.0 Å². The van der Waals surface area contributed by atoms with Crippen molar-refractivity contribution in [2.24, 2.45) is 22.6 Å². The number of H-pyrrole nitrogens is 1. The maximum atomic E-state index is 11.0. The Labute approximate surface area is 212 Å². The SMILES string of the molecule is COc1cc2[nH]c(O)c(C(=Nc3ccc(C(N)(C(C)C)C(C)C)cc3)c3ccccc3)c2cc1OC. The molecule has 0 spiro atoms. The van der Waals surface area contributed by atoms with E-state index in [9.17, 15) is 5.11 Å². The van der Waals surface area contributed by atoms with Gasteiger partial charge in [-0.05, 0) is 35.6 Å². The van der Waals surface area contributed by atoms with Gasteiger partial charge in [0.1, 0.15) is 0 Å². The molecule has 0 aliphatic rings. The molecule has 0 aliphatic carbocycles. The third kappa shape index (κ3) is 4.44.